The van der Waals surface area contributed by atoms with E-state index in [1.54, 1.807) is 26.7 Å². The lowest BCUT2D eigenvalue weighted by Gasteiger charge is -2.32. The summed E-state index contributed by atoms with van der Waals surface area (Å²) in [5.41, 5.74) is 2.95. The fraction of sp³-hybridized carbons (Fsp3) is 0.710. The lowest BCUT2D eigenvalue weighted by Crippen LogP contribution is -2.41. The van der Waals surface area contributed by atoms with E-state index in [-0.39, 0.29) is 30.5 Å². The molecular weight excluding hydrogens is 1200 g/mol. The van der Waals surface area contributed by atoms with Crippen molar-refractivity contribution in [3.63, 3.8) is 0 Å². The summed E-state index contributed by atoms with van der Waals surface area (Å²) in [6.45, 7) is 54.6. The highest BCUT2D eigenvalue weighted by Gasteiger charge is 2.52. The Bertz CT molecular complexity index is 2880. The number of hydrogen-bond donors (Lipinski definition) is 0. The molecule has 20 nitrogen and oxygen atoms in total. The second-order valence-corrected chi connectivity index (χ2v) is 53.9. The molecule has 0 aromatic carbocycles. The van der Waals surface area contributed by atoms with Crippen LogP contribution in [0.15, 0.2) is 54.3 Å². The van der Waals surface area contributed by atoms with Crippen LogP contribution in [0.1, 0.15) is 87.8 Å². The molecule has 2 amide bonds. The van der Waals surface area contributed by atoms with Gasteiger partial charge in [-0.25, -0.2) is 19.6 Å². The Labute approximate surface area is 536 Å². The summed E-state index contributed by atoms with van der Waals surface area (Å²) in [4.78, 5) is 41.4. The minimum absolute atomic E-state index is 0.267. The summed E-state index contributed by atoms with van der Waals surface area (Å²) in [6, 6.07) is 12.1. The molecule has 1 fully saturated rings. The van der Waals surface area contributed by atoms with E-state index in [0.29, 0.717) is 70.3 Å². The maximum atomic E-state index is 12.5. The Morgan fingerprint density at radius 3 is 1.31 bits per heavy atom. The van der Waals surface area contributed by atoms with Crippen LogP contribution in [0.3, 0.4) is 0 Å². The molecular formula is C62H110BClN10O10Si4. The van der Waals surface area contributed by atoms with Gasteiger partial charge in [0.1, 0.15) is 54.9 Å². The number of amides is 2. The minimum Gasteiger partial charge on any atom is -0.444 e. The zero-order chi connectivity index (χ0) is 65.7. The largest absolute Gasteiger partial charge is 0.490 e. The molecule has 4 aromatic heterocycles. The van der Waals surface area contributed by atoms with Crippen LogP contribution in [0.4, 0.5) is 21.2 Å². The van der Waals surface area contributed by atoms with E-state index in [4.69, 9.17) is 54.3 Å². The Balaban J connectivity index is 0.000000252. The molecule has 7 heterocycles. The van der Waals surface area contributed by atoms with Gasteiger partial charge in [0, 0.05) is 109 Å². The number of nitrogens with zero attached hydrogens (tertiary/aromatic N) is 10. The van der Waals surface area contributed by atoms with Crippen molar-refractivity contribution in [2.24, 2.45) is 0 Å². The molecule has 3 aliphatic heterocycles. The molecule has 3 aliphatic rings. The fourth-order valence-electron chi connectivity index (χ4n) is 8.71. The SMILES string of the molecule is CC(C)(C)OC(=O)N1CC=C(B2OC(C)(C)C(C)(C)O2)CC1.CC(C)(C)OC(=O)N1CC=C(c2cc(N(COCC[Si](C)(C)C)COCC[Si](C)(C)C)n3nccc3n2)CC1.C[Si](C)(C)CCOCN(COCC[Si](C)(C)C)c1cc(Cl)nc2ccnn12. The van der Waals surface area contributed by atoms with E-state index < -0.39 is 43.5 Å². The van der Waals surface area contributed by atoms with Crippen molar-refractivity contribution < 1.29 is 47.3 Å². The first-order valence-corrected chi connectivity index (χ1v) is 46.6. The predicted molar refractivity (Wildman–Crippen MR) is 369 cm³/mol. The van der Waals surface area contributed by atoms with Crippen LogP contribution in [0, 0.1) is 0 Å². The van der Waals surface area contributed by atoms with Crippen molar-refractivity contribution in [1.82, 2.24) is 39.0 Å². The molecule has 0 spiro atoms. The number of carbonyl (C=O) groups is 2. The lowest BCUT2D eigenvalue weighted by molar-refractivity contribution is 0.00578. The normalized spacial score (nSPS) is 16.6. The number of rotatable bonds is 24. The van der Waals surface area contributed by atoms with Gasteiger partial charge < -0.3 is 57.3 Å². The summed E-state index contributed by atoms with van der Waals surface area (Å²) in [5.74, 6) is 1.72. The topological polar surface area (TPSA) is 181 Å². The Morgan fingerprint density at radius 2 is 0.955 bits per heavy atom. The number of carbonyl (C=O) groups excluding carboxylic acids is 2. The molecule has 26 heteroatoms. The number of ether oxygens (including phenoxy) is 6. The van der Waals surface area contributed by atoms with Gasteiger partial charge in [-0.15, -0.1) is 0 Å². The van der Waals surface area contributed by atoms with E-state index in [1.807, 2.05) is 103 Å². The predicted octanol–water partition coefficient (Wildman–Crippen LogP) is 14.2. The van der Waals surface area contributed by atoms with Crippen LogP contribution in [0.2, 0.25) is 108 Å². The molecule has 0 saturated carbocycles. The molecule has 7 rings (SSSR count). The van der Waals surface area contributed by atoms with Gasteiger partial charge in [-0.3, -0.25) is 0 Å². The summed E-state index contributed by atoms with van der Waals surface area (Å²) in [5, 5.41) is 9.37. The fourth-order valence-corrected chi connectivity index (χ4v) is 11.9. The molecule has 494 valence electrons. The van der Waals surface area contributed by atoms with Gasteiger partial charge in [0.2, 0.25) is 0 Å². The van der Waals surface area contributed by atoms with Crippen molar-refractivity contribution in [2.45, 2.75) is 207 Å². The van der Waals surface area contributed by atoms with E-state index in [1.165, 1.54) is 0 Å². The molecule has 88 heavy (non-hydrogen) atoms. The van der Waals surface area contributed by atoms with E-state index in [9.17, 15) is 9.59 Å². The molecule has 0 atom stereocenters. The van der Waals surface area contributed by atoms with Gasteiger partial charge in [0.05, 0.1) is 29.3 Å². The van der Waals surface area contributed by atoms with E-state index >= 15 is 0 Å². The van der Waals surface area contributed by atoms with Gasteiger partial charge in [0.15, 0.2) is 11.3 Å². The van der Waals surface area contributed by atoms with E-state index in [2.05, 4.69) is 111 Å². The number of aromatic nitrogens is 6. The van der Waals surface area contributed by atoms with Crippen LogP contribution >= 0.6 is 11.6 Å². The maximum absolute atomic E-state index is 12.5. The zero-order valence-corrected chi connectivity index (χ0v) is 62.6. The van der Waals surface area contributed by atoms with Gasteiger partial charge in [-0.1, -0.05) is 102 Å². The number of fused-ring (bicyclic) bond motifs is 2. The Kier molecular flexibility index (Phi) is 26.6. The summed E-state index contributed by atoms with van der Waals surface area (Å²) in [7, 11) is -4.95. The quantitative estimate of drug-likeness (QED) is 0.0279. The molecule has 0 bridgehead atoms. The lowest BCUT2D eigenvalue weighted by atomic mass is 9.75. The molecule has 0 N–H and O–H groups in total. The standard InChI is InChI=1S/C28H49N5O4Si2.C18H33ClN4O2Si2.C16H28BNO4/c1-28(2,3)37-27(34)31-14-11-23(12-15-31)24-20-26(33-25(30-24)10-13-29-33)32(21-35-16-18-38(4,5)6)22-36-17-19-39(7,8)9;1-26(2,3)11-9-24-14-22(15-25-10-12-27(4,5)6)18-13-16(19)21-17-7-8-20-23(17)18;1-14(2,3)20-13(19)18-10-8-12(9-11-18)17-21-15(4,5)16(6,7)22-17/h10-11,13,20H,12,14-19,21-22H2,1-9H3;7-8,13H,9-12,14-15H2,1-6H3;8H,9-11H2,1-7H3. The van der Waals surface area contributed by atoms with Crippen LogP contribution in [0.25, 0.3) is 16.9 Å². The van der Waals surface area contributed by atoms with Gasteiger partial charge in [-0.05, 0) is 117 Å². The van der Waals surface area contributed by atoms with Crippen molar-refractivity contribution in [2.75, 3.05) is 89.3 Å². The number of halogens is 1. The highest BCUT2D eigenvalue weighted by Crippen LogP contribution is 2.40. The third-order valence-electron chi connectivity index (χ3n) is 14.9. The van der Waals surface area contributed by atoms with Crippen molar-refractivity contribution in [3.8, 4) is 0 Å². The van der Waals surface area contributed by atoms with E-state index in [0.717, 1.165) is 91.0 Å². The summed E-state index contributed by atoms with van der Waals surface area (Å²) >= 11 is 6.22. The highest BCUT2D eigenvalue weighted by molar-refractivity contribution is 6.77. The highest BCUT2D eigenvalue weighted by atomic mass is 35.5. The second kappa shape index (κ2) is 31.4. The molecule has 1 saturated heterocycles. The summed E-state index contributed by atoms with van der Waals surface area (Å²) in [6.07, 6.45) is 8.49. The van der Waals surface area contributed by atoms with Crippen LogP contribution in [0.5, 0.6) is 0 Å². The second-order valence-electron chi connectivity index (χ2n) is 31.1. The zero-order valence-electron chi connectivity index (χ0n) is 57.9. The average Bonchev–Trinajstić information content (AvgIpc) is 1.64. The first kappa shape index (κ1) is 74.6. The summed E-state index contributed by atoms with van der Waals surface area (Å²) < 4.78 is 51.0. The first-order chi connectivity index (χ1) is 40.6. The average molecular weight is 1310 g/mol. The van der Waals surface area contributed by atoms with Crippen LogP contribution in [-0.2, 0) is 37.7 Å². The molecule has 0 radical (unpaired) electrons. The molecule has 0 unspecified atom stereocenters. The Hall–Kier alpha value is -4.16. The third kappa shape index (κ3) is 25.5. The van der Waals surface area contributed by atoms with Crippen molar-refractivity contribution in [3.05, 3.63) is 65.1 Å². The monoisotopic (exact) mass is 1310 g/mol. The van der Waals surface area contributed by atoms with Gasteiger partial charge in [-0.2, -0.15) is 19.2 Å². The smallest absolute Gasteiger partial charge is 0.444 e. The van der Waals surface area contributed by atoms with Crippen LogP contribution in [-0.4, -0.2) is 193 Å². The number of hydrogen-bond acceptors (Lipinski definition) is 16. The van der Waals surface area contributed by atoms with Crippen LogP contribution < -0.4 is 9.80 Å². The molecule has 0 aliphatic carbocycles. The first-order valence-electron chi connectivity index (χ1n) is 31.4. The number of anilines is 2. The molecule has 4 aromatic rings. The third-order valence-corrected chi connectivity index (χ3v) is 21.9. The minimum atomic E-state index is -1.19. The Morgan fingerprint density at radius 1 is 0.580 bits per heavy atom. The maximum Gasteiger partial charge on any atom is 0.490 e. The van der Waals surface area contributed by atoms with Gasteiger partial charge >= 0.3 is 19.3 Å². The van der Waals surface area contributed by atoms with Crippen molar-refractivity contribution >= 4 is 91.7 Å². The van der Waals surface area contributed by atoms with Gasteiger partial charge in [0.25, 0.3) is 0 Å². The van der Waals surface area contributed by atoms with Crippen molar-refractivity contribution in [1.29, 1.82) is 0 Å².